The number of imidazole rings is 1. The van der Waals surface area contributed by atoms with E-state index in [1.54, 1.807) is 17.9 Å². The molecular weight excluding hydrogens is 266 g/mol. The van der Waals surface area contributed by atoms with Gasteiger partial charge in [-0.25, -0.2) is 13.8 Å². The molecule has 0 spiro atoms. The Balaban J connectivity index is 2.26. The van der Waals surface area contributed by atoms with Gasteiger partial charge in [-0.15, -0.1) is 10.2 Å². The summed E-state index contributed by atoms with van der Waals surface area (Å²) in [5.41, 5.74) is 6.16. The van der Waals surface area contributed by atoms with Gasteiger partial charge in [0.15, 0.2) is 11.6 Å². The minimum atomic E-state index is -0.740. The van der Waals surface area contributed by atoms with Crippen molar-refractivity contribution in [2.45, 2.75) is 13.0 Å². The molecule has 1 aromatic carbocycles. The van der Waals surface area contributed by atoms with Crippen LogP contribution in [0.15, 0.2) is 18.5 Å². The summed E-state index contributed by atoms with van der Waals surface area (Å²) in [7, 11) is 1.78. The number of hydrogen-bond donors (Lipinski definition) is 1. The molecule has 0 saturated heterocycles. The van der Waals surface area contributed by atoms with Gasteiger partial charge in [-0.3, -0.25) is 4.57 Å². The molecule has 2 aromatic heterocycles. The molecule has 0 saturated carbocycles. The average Bonchev–Trinajstić information content (AvgIpc) is 2.92. The molecule has 1 atom stereocenters. The number of nitrogens with two attached hydrogens (primary N) is 1. The number of benzene rings is 1. The van der Waals surface area contributed by atoms with E-state index in [0.717, 1.165) is 6.07 Å². The fraction of sp³-hybridized carbons (Fsp3) is 0.250. The topological polar surface area (TPSA) is 74.5 Å². The van der Waals surface area contributed by atoms with Crippen LogP contribution in [0.3, 0.4) is 0 Å². The molecule has 0 radical (unpaired) electrons. The molecule has 0 bridgehead atoms. The molecule has 3 aromatic rings. The van der Waals surface area contributed by atoms with E-state index in [-0.39, 0.29) is 23.0 Å². The van der Waals surface area contributed by atoms with E-state index in [2.05, 4.69) is 15.2 Å². The van der Waals surface area contributed by atoms with Gasteiger partial charge in [0, 0.05) is 19.2 Å². The first-order chi connectivity index (χ1) is 9.49. The van der Waals surface area contributed by atoms with Crippen LogP contribution in [0, 0.1) is 11.6 Å². The fourth-order valence-corrected chi connectivity index (χ4v) is 2.33. The van der Waals surface area contributed by atoms with E-state index in [4.69, 9.17) is 5.73 Å². The first-order valence-corrected chi connectivity index (χ1v) is 5.95. The maximum atomic E-state index is 13.7. The molecule has 8 heteroatoms. The van der Waals surface area contributed by atoms with Crippen LogP contribution in [0.5, 0.6) is 0 Å². The summed E-state index contributed by atoms with van der Waals surface area (Å²) in [4.78, 5) is 3.96. The van der Waals surface area contributed by atoms with Gasteiger partial charge in [0.25, 0.3) is 0 Å². The Morgan fingerprint density at radius 3 is 2.70 bits per heavy atom. The standard InChI is InChI=1S/C12H12F2N6/c1-6(11-18-16-5-19(11)2)20-9-4-7(13)3-8(14)10(9)17-12(20)15/h3-6H,1-2H3,(H2,15,17). The van der Waals surface area contributed by atoms with Gasteiger partial charge in [-0.2, -0.15) is 0 Å². The lowest BCUT2D eigenvalue weighted by Crippen LogP contribution is -2.14. The smallest absolute Gasteiger partial charge is 0.202 e. The summed E-state index contributed by atoms with van der Waals surface area (Å²) >= 11 is 0. The number of hydrogen-bond acceptors (Lipinski definition) is 4. The van der Waals surface area contributed by atoms with Gasteiger partial charge in [0.1, 0.15) is 17.7 Å². The van der Waals surface area contributed by atoms with Crippen molar-refractivity contribution in [1.82, 2.24) is 24.3 Å². The number of rotatable bonds is 2. The van der Waals surface area contributed by atoms with E-state index >= 15 is 0 Å². The minimum Gasteiger partial charge on any atom is -0.369 e. The Labute approximate surface area is 112 Å². The lowest BCUT2D eigenvalue weighted by atomic mass is 10.2. The highest BCUT2D eigenvalue weighted by Gasteiger charge is 2.21. The summed E-state index contributed by atoms with van der Waals surface area (Å²) < 4.78 is 30.4. The molecule has 6 nitrogen and oxygen atoms in total. The van der Waals surface area contributed by atoms with Gasteiger partial charge in [-0.05, 0) is 6.92 Å². The monoisotopic (exact) mass is 278 g/mol. The van der Waals surface area contributed by atoms with Crippen molar-refractivity contribution >= 4 is 17.0 Å². The molecule has 0 aliphatic carbocycles. The van der Waals surface area contributed by atoms with E-state index in [0.29, 0.717) is 5.82 Å². The van der Waals surface area contributed by atoms with E-state index < -0.39 is 11.6 Å². The quantitative estimate of drug-likeness (QED) is 0.773. The normalized spacial score (nSPS) is 13.0. The summed E-state index contributed by atoms with van der Waals surface area (Å²) in [6.45, 7) is 1.81. The number of halogens is 2. The van der Waals surface area contributed by atoms with Crippen LogP contribution in [0.2, 0.25) is 0 Å². The maximum absolute atomic E-state index is 13.7. The highest BCUT2D eigenvalue weighted by molar-refractivity contribution is 5.79. The Kier molecular flexibility index (Phi) is 2.66. The number of anilines is 1. The zero-order chi connectivity index (χ0) is 14.4. The molecule has 3 rings (SSSR count). The Bertz CT molecular complexity index is 791. The number of aromatic nitrogens is 5. The first kappa shape index (κ1) is 12.5. The summed E-state index contributed by atoms with van der Waals surface area (Å²) in [5, 5.41) is 7.77. The summed E-state index contributed by atoms with van der Waals surface area (Å²) in [5.74, 6) is -0.711. The van der Waals surface area contributed by atoms with E-state index in [1.807, 2.05) is 6.92 Å². The molecule has 2 heterocycles. The third-order valence-corrected chi connectivity index (χ3v) is 3.25. The Morgan fingerprint density at radius 2 is 2.05 bits per heavy atom. The first-order valence-electron chi connectivity index (χ1n) is 5.95. The van der Waals surface area contributed by atoms with Crippen LogP contribution >= 0.6 is 0 Å². The second kappa shape index (κ2) is 4.26. The molecule has 2 N–H and O–H groups in total. The summed E-state index contributed by atoms with van der Waals surface area (Å²) in [6, 6.07) is 1.63. The molecular formula is C12H12F2N6. The van der Waals surface area contributed by atoms with Crippen LogP contribution in [-0.4, -0.2) is 24.3 Å². The number of fused-ring (bicyclic) bond motifs is 1. The van der Waals surface area contributed by atoms with Gasteiger partial charge >= 0.3 is 0 Å². The van der Waals surface area contributed by atoms with Crippen molar-refractivity contribution in [3.05, 3.63) is 35.9 Å². The van der Waals surface area contributed by atoms with Crippen molar-refractivity contribution in [3.63, 3.8) is 0 Å². The van der Waals surface area contributed by atoms with E-state index in [1.165, 1.54) is 10.6 Å². The predicted molar refractivity (Wildman–Crippen MR) is 68.9 cm³/mol. The van der Waals surface area contributed by atoms with Crippen molar-refractivity contribution in [2.24, 2.45) is 7.05 Å². The second-order valence-corrected chi connectivity index (χ2v) is 4.57. The third kappa shape index (κ3) is 1.72. The number of nitrogen functional groups attached to an aromatic ring is 1. The highest BCUT2D eigenvalue weighted by atomic mass is 19.1. The summed E-state index contributed by atoms with van der Waals surface area (Å²) in [6.07, 6.45) is 1.54. The Hall–Kier alpha value is -2.51. The predicted octanol–water partition coefficient (Wildman–Crippen LogP) is 1.63. The number of aryl methyl sites for hydroxylation is 1. The zero-order valence-corrected chi connectivity index (χ0v) is 10.9. The van der Waals surface area contributed by atoms with Crippen molar-refractivity contribution in [2.75, 3.05) is 5.73 Å². The van der Waals surface area contributed by atoms with Crippen molar-refractivity contribution in [3.8, 4) is 0 Å². The lowest BCUT2D eigenvalue weighted by Gasteiger charge is -2.15. The van der Waals surface area contributed by atoms with Gasteiger partial charge < -0.3 is 10.3 Å². The second-order valence-electron chi connectivity index (χ2n) is 4.57. The van der Waals surface area contributed by atoms with Crippen LogP contribution in [0.4, 0.5) is 14.7 Å². The molecule has 0 aliphatic rings. The van der Waals surface area contributed by atoms with Crippen molar-refractivity contribution < 1.29 is 8.78 Å². The van der Waals surface area contributed by atoms with E-state index in [9.17, 15) is 8.78 Å². The average molecular weight is 278 g/mol. The van der Waals surface area contributed by atoms with Crippen LogP contribution in [0.25, 0.3) is 11.0 Å². The molecule has 0 aliphatic heterocycles. The molecule has 1 unspecified atom stereocenters. The van der Waals surface area contributed by atoms with Gasteiger partial charge in [0.05, 0.1) is 11.6 Å². The maximum Gasteiger partial charge on any atom is 0.202 e. The molecule has 20 heavy (non-hydrogen) atoms. The fourth-order valence-electron chi connectivity index (χ4n) is 2.33. The number of nitrogens with zero attached hydrogens (tertiary/aromatic N) is 5. The van der Waals surface area contributed by atoms with Crippen LogP contribution in [-0.2, 0) is 7.05 Å². The zero-order valence-electron chi connectivity index (χ0n) is 10.9. The van der Waals surface area contributed by atoms with Gasteiger partial charge in [-0.1, -0.05) is 0 Å². The molecule has 104 valence electrons. The third-order valence-electron chi connectivity index (χ3n) is 3.25. The van der Waals surface area contributed by atoms with Gasteiger partial charge in [0.2, 0.25) is 5.95 Å². The SMILES string of the molecule is CC(c1nncn1C)n1c(N)nc2c(F)cc(F)cc21. The Morgan fingerprint density at radius 1 is 1.30 bits per heavy atom. The van der Waals surface area contributed by atoms with Crippen LogP contribution < -0.4 is 5.73 Å². The molecule has 0 fully saturated rings. The molecule has 0 amide bonds. The van der Waals surface area contributed by atoms with Crippen LogP contribution in [0.1, 0.15) is 18.8 Å². The lowest BCUT2D eigenvalue weighted by molar-refractivity contribution is 0.581. The van der Waals surface area contributed by atoms with Crippen molar-refractivity contribution in [1.29, 1.82) is 0 Å². The minimum absolute atomic E-state index is 0.0397. The highest BCUT2D eigenvalue weighted by Crippen LogP contribution is 2.28. The largest absolute Gasteiger partial charge is 0.369 e.